The molecule has 1 aromatic heterocycles. The van der Waals surface area contributed by atoms with E-state index >= 15 is 0 Å². The Morgan fingerprint density at radius 2 is 2.26 bits per heavy atom. The molecule has 1 fully saturated rings. The number of rotatable bonds is 5. The van der Waals surface area contributed by atoms with E-state index in [-0.39, 0.29) is 18.1 Å². The van der Waals surface area contributed by atoms with Crippen molar-refractivity contribution in [2.45, 2.75) is 38.2 Å². The Hall–Kier alpha value is -1.92. The number of hydrogen-bond donors (Lipinski definition) is 2. The molecule has 0 radical (unpaired) electrons. The summed E-state index contributed by atoms with van der Waals surface area (Å²) in [5.41, 5.74) is 1.00. The molecule has 2 aromatic rings. The lowest BCUT2D eigenvalue weighted by molar-refractivity contribution is -0.0300. The van der Waals surface area contributed by atoms with Gasteiger partial charge >= 0.3 is 0 Å². The van der Waals surface area contributed by atoms with E-state index in [4.69, 9.17) is 11.6 Å². The van der Waals surface area contributed by atoms with Gasteiger partial charge in [0.1, 0.15) is 0 Å². The topological polar surface area (TPSA) is 80.0 Å². The lowest BCUT2D eigenvalue weighted by atomic mass is 9.80. The van der Waals surface area contributed by atoms with Gasteiger partial charge < -0.3 is 10.4 Å². The molecule has 0 aliphatic heterocycles. The molecule has 3 rings (SSSR count). The van der Waals surface area contributed by atoms with Crippen molar-refractivity contribution in [1.29, 1.82) is 0 Å². The summed E-state index contributed by atoms with van der Waals surface area (Å²) in [5.74, 6) is -0.310. The third-order valence-corrected chi connectivity index (χ3v) is 4.46. The smallest absolute Gasteiger partial charge is 0.273 e. The first-order valence-corrected chi connectivity index (χ1v) is 8.11. The Labute approximate surface area is 139 Å². The van der Waals surface area contributed by atoms with Crippen LogP contribution in [0.2, 0.25) is 5.02 Å². The average Bonchev–Trinajstić information content (AvgIpc) is 2.94. The minimum Gasteiger partial charge on any atom is -0.388 e. The molecule has 1 saturated carbocycles. The molecule has 6 nitrogen and oxygen atoms in total. The van der Waals surface area contributed by atoms with Gasteiger partial charge in [-0.2, -0.15) is 0 Å². The Balaban J connectivity index is 1.81. The summed E-state index contributed by atoms with van der Waals surface area (Å²) >= 11 is 6.01. The van der Waals surface area contributed by atoms with Gasteiger partial charge in [-0.25, -0.2) is 4.68 Å². The van der Waals surface area contributed by atoms with Crippen molar-refractivity contribution < 1.29 is 9.90 Å². The minimum absolute atomic E-state index is 0.249. The second kappa shape index (κ2) is 6.29. The van der Waals surface area contributed by atoms with E-state index in [0.717, 1.165) is 24.9 Å². The molecule has 0 saturated heterocycles. The second-order valence-corrected chi connectivity index (χ2v) is 6.33. The molecule has 7 heteroatoms. The molecule has 1 amide bonds. The largest absolute Gasteiger partial charge is 0.388 e. The normalized spacial score (nSPS) is 16.0. The van der Waals surface area contributed by atoms with Crippen molar-refractivity contribution in [2.75, 3.05) is 6.54 Å². The van der Waals surface area contributed by atoms with Crippen LogP contribution in [0.25, 0.3) is 5.69 Å². The number of nitrogens with zero attached hydrogens (tertiary/aromatic N) is 3. The molecular formula is C16H19ClN4O2. The minimum atomic E-state index is -0.759. The quantitative estimate of drug-likeness (QED) is 0.877. The van der Waals surface area contributed by atoms with Gasteiger partial charge in [-0.3, -0.25) is 4.79 Å². The van der Waals surface area contributed by atoms with Crippen molar-refractivity contribution in [3.8, 4) is 5.69 Å². The van der Waals surface area contributed by atoms with Crippen molar-refractivity contribution in [2.24, 2.45) is 0 Å². The zero-order valence-electron chi connectivity index (χ0n) is 12.9. The van der Waals surface area contributed by atoms with Crippen LogP contribution in [0.4, 0.5) is 0 Å². The van der Waals surface area contributed by atoms with Gasteiger partial charge in [0.2, 0.25) is 0 Å². The van der Waals surface area contributed by atoms with Crippen LogP contribution in [0.3, 0.4) is 0 Å². The van der Waals surface area contributed by atoms with E-state index in [1.165, 1.54) is 0 Å². The predicted molar refractivity (Wildman–Crippen MR) is 86.9 cm³/mol. The molecule has 0 atom stereocenters. The van der Waals surface area contributed by atoms with E-state index < -0.39 is 5.60 Å². The van der Waals surface area contributed by atoms with Gasteiger partial charge in [0.25, 0.3) is 5.91 Å². The lowest BCUT2D eigenvalue weighted by Crippen LogP contribution is -2.48. The fraction of sp³-hybridized carbons (Fsp3) is 0.438. The lowest BCUT2D eigenvalue weighted by Gasteiger charge is -2.36. The Morgan fingerprint density at radius 1 is 1.48 bits per heavy atom. The predicted octanol–water partition coefficient (Wildman–Crippen LogP) is 2.13. The van der Waals surface area contributed by atoms with Gasteiger partial charge in [0, 0.05) is 11.6 Å². The average molecular weight is 335 g/mol. The number of carbonyl (C=O) groups is 1. The first-order chi connectivity index (χ1) is 11.0. The van der Waals surface area contributed by atoms with Crippen LogP contribution in [-0.4, -0.2) is 38.2 Å². The van der Waals surface area contributed by atoms with Crippen LogP contribution in [0.1, 0.15) is 42.4 Å². The van der Waals surface area contributed by atoms with Crippen LogP contribution >= 0.6 is 11.6 Å². The third-order valence-electron chi connectivity index (χ3n) is 4.23. The number of aliphatic hydroxyl groups is 1. The number of benzene rings is 1. The van der Waals surface area contributed by atoms with E-state index in [9.17, 15) is 9.90 Å². The molecule has 0 unspecified atom stereocenters. The Morgan fingerprint density at radius 3 is 2.87 bits per heavy atom. The van der Waals surface area contributed by atoms with Crippen molar-refractivity contribution in [3.63, 3.8) is 0 Å². The third kappa shape index (κ3) is 3.23. The number of carbonyl (C=O) groups excluding carboxylic acids is 1. The highest BCUT2D eigenvalue weighted by atomic mass is 35.5. The van der Waals surface area contributed by atoms with Crippen molar-refractivity contribution in [1.82, 2.24) is 20.3 Å². The van der Waals surface area contributed by atoms with Crippen LogP contribution < -0.4 is 5.32 Å². The van der Waals surface area contributed by atoms with Gasteiger partial charge in [0.15, 0.2) is 5.69 Å². The molecular weight excluding hydrogens is 316 g/mol. The van der Waals surface area contributed by atoms with Gasteiger partial charge in [0.05, 0.1) is 17.0 Å². The fourth-order valence-corrected chi connectivity index (χ4v) is 2.89. The first-order valence-electron chi connectivity index (χ1n) is 7.73. The highest BCUT2D eigenvalue weighted by Crippen LogP contribution is 2.30. The Bertz CT molecular complexity index is 725. The molecule has 0 bridgehead atoms. The maximum absolute atomic E-state index is 12.4. The van der Waals surface area contributed by atoms with Crippen molar-refractivity contribution >= 4 is 17.5 Å². The molecule has 122 valence electrons. The number of amides is 1. The van der Waals surface area contributed by atoms with Gasteiger partial charge in [-0.15, -0.1) is 5.10 Å². The fourth-order valence-electron chi connectivity index (χ4n) is 2.70. The maximum Gasteiger partial charge on any atom is 0.273 e. The summed E-state index contributed by atoms with van der Waals surface area (Å²) in [4.78, 5) is 12.4. The van der Waals surface area contributed by atoms with Crippen molar-refractivity contribution in [3.05, 3.63) is 40.7 Å². The SMILES string of the molecule is CCc1c(C(=O)NCC2(O)CCC2)nnn1-c1cccc(Cl)c1. The van der Waals surface area contributed by atoms with Crippen LogP contribution in [0.5, 0.6) is 0 Å². The number of halogens is 1. The summed E-state index contributed by atoms with van der Waals surface area (Å²) in [6, 6.07) is 7.23. The van der Waals surface area contributed by atoms with E-state index in [0.29, 0.717) is 17.1 Å². The first kappa shape index (κ1) is 16.0. The molecule has 23 heavy (non-hydrogen) atoms. The summed E-state index contributed by atoms with van der Waals surface area (Å²) in [6.45, 7) is 2.19. The van der Waals surface area contributed by atoms with Crippen LogP contribution in [0, 0.1) is 0 Å². The second-order valence-electron chi connectivity index (χ2n) is 5.89. The van der Waals surface area contributed by atoms with E-state index in [1.54, 1.807) is 16.8 Å². The van der Waals surface area contributed by atoms with E-state index in [2.05, 4.69) is 15.6 Å². The number of nitrogens with one attached hydrogen (secondary N) is 1. The molecule has 1 heterocycles. The summed E-state index contributed by atoms with van der Waals surface area (Å²) in [6.07, 6.45) is 3.05. The van der Waals surface area contributed by atoms with Crippen LogP contribution in [-0.2, 0) is 6.42 Å². The van der Waals surface area contributed by atoms with Crippen LogP contribution in [0.15, 0.2) is 24.3 Å². The molecule has 1 aromatic carbocycles. The number of hydrogen-bond acceptors (Lipinski definition) is 4. The zero-order chi connectivity index (χ0) is 16.4. The molecule has 1 aliphatic rings. The monoisotopic (exact) mass is 334 g/mol. The summed E-state index contributed by atoms with van der Waals surface area (Å²) in [5, 5.41) is 21.5. The molecule has 0 spiro atoms. The summed E-state index contributed by atoms with van der Waals surface area (Å²) in [7, 11) is 0. The maximum atomic E-state index is 12.4. The molecule has 1 aliphatic carbocycles. The highest BCUT2D eigenvalue weighted by Gasteiger charge is 2.35. The van der Waals surface area contributed by atoms with E-state index in [1.807, 2.05) is 19.1 Å². The standard InChI is InChI=1S/C16H19ClN4O2/c1-2-13-14(15(22)18-10-16(23)7-4-8-16)19-20-21(13)12-6-3-5-11(17)9-12/h3,5-6,9,23H,2,4,7-8,10H2,1H3,(H,18,22). The highest BCUT2D eigenvalue weighted by molar-refractivity contribution is 6.30. The molecule has 2 N–H and O–H groups in total. The van der Waals surface area contributed by atoms with Gasteiger partial charge in [-0.1, -0.05) is 29.8 Å². The number of aromatic nitrogens is 3. The van der Waals surface area contributed by atoms with Gasteiger partial charge in [-0.05, 0) is 43.9 Å². The summed E-state index contributed by atoms with van der Waals surface area (Å²) < 4.78 is 1.62. The Kier molecular flexibility index (Phi) is 4.37. The zero-order valence-corrected chi connectivity index (χ0v) is 13.7.